The molecule has 0 aromatic rings. The Morgan fingerprint density at radius 1 is 1.40 bits per heavy atom. The van der Waals surface area contributed by atoms with Gasteiger partial charge in [0.05, 0.1) is 0 Å². The smallest absolute Gasteiger partial charge is 0.403 e. The maximum absolute atomic E-state index is 10.6. The van der Waals surface area contributed by atoms with E-state index in [1.54, 1.807) is 14.1 Å². The molecule has 0 spiro atoms. The summed E-state index contributed by atoms with van der Waals surface area (Å²) in [6.45, 7) is 0. The third-order valence-electron chi connectivity index (χ3n) is 1.06. The first-order chi connectivity index (χ1) is 4.61. The number of nitrogens with zero attached hydrogens (tertiary/aromatic N) is 1. The van der Waals surface area contributed by atoms with E-state index in [4.69, 9.17) is 0 Å². The topological polar surface area (TPSA) is 55.8 Å². The summed E-state index contributed by atoms with van der Waals surface area (Å²) in [4.78, 5) is 22.3. The maximum atomic E-state index is 10.6. The van der Waals surface area contributed by atoms with Crippen molar-refractivity contribution < 1.29 is 19.1 Å². The van der Waals surface area contributed by atoms with Gasteiger partial charge < -0.3 is 9.47 Å². The van der Waals surface area contributed by atoms with Crippen molar-refractivity contribution in [1.29, 1.82) is 0 Å². The van der Waals surface area contributed by atoms with Crippen molar-refractivity contribution >= 4 is 12.1 Å². The fraction of sp³-hybridized carbons (Fsp3) is 0.600. The van der Waals surface area contributed by atoms with E-state index in [2.05, 4.69) is 9.47 Å². The Bertz CT molecular complexity index is 176. The summed E-state index contributed by atoms with van der Waals surface area (Å²) in [6.07, 6.45) is -1.80. The highest BCUT2D eigenvalue weighted by Crippen LogP contribution is 2.08. The van der Waals surface area contributed by atoms with Gasteiger partial charge in [0.1, 0.15) is 0 Å². The highest BCUT2D eigenvalue weighted by Gasteiger charge is 2.36. The van der Waals surface area contributed by atoms with E-state index >= 15 is 0 Å². The lowest BCUT2D eigenvalue weighted by atomic mass is 10.5. The third-order valence-corrected chi connectivity index (χ3v) is 1.06. The summed E-state index contributed by atoms with van der Waals surface area (Å²) in [5.41, 5.74) is 0. The van der Waals surface area contributed by atoms with Crippen molar-refractivity contribution in [2.75, 3.05) is 14.1 Å². The van der Waals surface area contributed by atoms with Gasteiger partial charge in [-0.1, -0.05) is 0 Å². The summed E-state index contributed by atoms with van der Waals surface area (Å²) in [6, 6.07) is 0. The number of carbonyl (C=O) groups excluding carboxylic acids is 2. The minimum atomic E-state index is -0.927. The van der Waals surface area contributed by atoms with E-state index in [1.165, 1.54) is 4.90 Å². The van der Waals surface area contributed by atoms with Gasteiger partial charge in [-0.05, 0) is 14.1 Å². The predicted molar refractivity (Wildman–Crippen MR) is 30.0 cm³/mol. The van der Waals surface area contributed by atoms with E-state index in [0.717, 1.165) is 0 Å². The Morgan fingerprint density at radius 2 is 2.00 bits per heavy atom. The maximum Gasteiger partial charge on any atom is 0.518 e. The molecule has 0 bridgehead atoms. The van der Waals surface area contributed by atoms with Crippen molar-refractivity contribution in [2.24, 2.45) is 0 Å². The lowest BCUT2D eigenvalue weighted by Crippen LogP contribution is -2.33. The average Bonchev–Trinajstić information content (AvgIpc) is 2.10. The van der Waals surface area contributed by atoms with Crippen molar-refractivity contribution in [1.82, 2.24) is 4.90 Å². The Labute approximate surface area is 57.5 Å². The van der Waals surface area contributed by atoms with Gasteiger partial charge in [0.15, 0.2) is 0 Å². The second-order valence-corrected chi connectivity index (χ2v) is 2.10. The van der Waals surface area contributed by atoms with Crippen LogP contribution < -0.4 is 0 Å². The first kappa shape index (κ1) is 7.01. The second-order valence-electron chi connectivity index (χ2n) is 2.10. The average molecular weight is 145 g/mol. The van der Waals surface area contributed by atoms with Crippen LogP contribution in [0.15, 0.2) is 0 Å². The van der Waals surface area contributed by atoms with Crippen LogP contribution in [-0.2, 0) is 14.3 Å². The van der Waals surface area contributed by atoms with Crippen LogP contribution in [-0.4, -0.2) is 37.3 Å². The first-order valence-corrected chi connectivity index (χ1v) is 2.70. The molecular weight excluding hydrogens is 138 g/mol. The molecule has 1 atom stereocenters. The zero-order chi connectivity index (χ0) is 7.72. The molecule has 5 heteroatoms. The van der Waals surface area contributed by atoms with Crippen LogP contribution in [0.3, 0.4) is 0 Å². The van der Waals surface area contributed by atoms with Crippen LogP contribution in [0.1, 0.15) is 0 Å². The van der Waals surface area contributed by atoms with Crippen LogP contribution in [0, 0.1) is 0 Å². The number of ether oxygens (including phenoxy) is 2. The number of hydrogen-bond donors (Lipinski definition) is 0. The standard InChI is InChI=1S/C5H7NO4/c1-6(2)3-4(7)10-5(8)9-3/h3H,1-2H3. The van der Waals surface area contributed by atoms with Crippen LogP contribution >= 0.6 is 0 Å². The van der Waals surface area contributed by atoms with Gasteiger partial charge in [0.25, 0.3) is 6.23 Å². The van der Waals surface area contributed by atoms with Gasteiger partial charge in [0.2, 0.25) is 0 Å². The lowest BCUT2D eigenvalue weighted by Gasteiger charge is -2.11. The van der Waals surface area contributed by atoms with Gasteiger partial charge >= 0.3 is 12.1 Å². The van der Waals surface area contributed by atoms with Gasteiger partial charge in [-0.15, -0.1) is 0 Å². The largest absolute Gasteiger partial charge is 0.518 e. The van der Waals surface area contributed by atoms with E-state index in [1.807, 2.05) is 0 Å². The molecule has 56 valence electrons. The molecule has 1 aliphatic rings. The van der Waals surface area contributed by atoms with Crippen LogP contribution in [0.4, 0.5) is 4.79 Å². The van der Waals surface area contributed by atoms with Gasteiger partial charge in [-0.2, -0.15) is 0 Å². The molecule has 0 radical (unpaired) electrons. The molecule has 1 fully saturated rings. The molecule has 1 unspecified atom stereocenters. The summed E-state index contributed by atoms with van der Waals surface area (Å²) >= 11 is 0. The quantitative estimate of drug-likeness (QED) is 0.370. The van der Waals surface area contributed by atoms with Crippen LogP contribution in [0.2, 0.25) is 0 Å². The van der Waals surface area contributed by atoms with E-state index in [0.29, 0.717) is 0 Å². The molecule has 0 N–H and O–H groups in total. The predicted octanol–water partition coefficient (Wildman–Crippen LogP) is -0.433. The number of rotatable bonds is 1. The molecule has 0 aliphatic carbocycles. The normalized spacial score (nSPS) is 24.9. The van der Waals surface area contributed by atoms with Crippen molar-refractivity contribution in [3.8, 4) is 0 Å². The fourth-order valence-corrected chi connectivity index (χ4v) is 0.612. The fourth-order valence-electron chi connectivity index (χ4n) is 0.612. The second kappa shape index (κ2) is 2.26. The number of esters is 1. The highest BCUT2D eigenvalue weighted by atomic mass is 16.8. The summed E-state index contributed by atoms with van der Waals surface area (Å²) < 4.78 is 8.54. The summed E-state index contributed by atoms with van der Waals surface area (Å²) in [7, 11) is 3.23. The molecule has 0 aromatic heterocycles. The molecular formula is C5H7NO4. The Balaban J connectivity index is 2.63. The van der Waals surface area contributed by atoms with Gasteiger partial charge in [-0.25, -0.2) is 9.59 Å². The first-order valence-electron chi connectivity index (χ1n) is 2.70. The van der Waals surface area contributed by atoms with Gasteiger partial charge in [-0.3, -0.25) is 4.90 Å². The molecule has 1 aliphatic heterocycles. The molecule has 1 rings (SSSR count). The third kappa shape index (κ3) is 1.08. The Kier molecular flexibility index (Phi) is 1.58. The number of carbonyl (C=O) groups is 2. The zero-order valence-electron chi connectivity index (χ0n) is 5.66. The molecule has 1 saturated heterocycles. The minimum Gasteiger partial charge on any atom is -0.403 e. The SMILES string of the molecule is CN(C)C1OC(=O)OC1=O. The Hall–Kier alpha value is -1.10. The summed E-state index contributed by atoms with van der Waals surface area (Å²) in [5, 5.41) is 0. The summed E-state index contributed by atoms with van der Waals surface area (Å²) in [5.74, 6) is -0.657. The molecule has 5 nitrogen and oxygen atoms in total. The molecule has 10 heavy (non-hydrogen) atoms. The monoisotopic (exact) mass is 145 g/mol. The molecule has 0 aromatic carbocycles. The molecule has 0 saturated carbocycles. The number of likely N-dealkylation sites (N-methyl/N-ethyl adjacent to an activating group) is 1. The zero-order valence-corrected chi connectivity index (χ0v) is 5.66. The van der Waals surface area contributed by atoms with E-state index in [9.17, 15) is 9.59 Å². The van der Waals surface area contributed by atoms with Crippen molar-refractivity contribution in [3.63, 3.8) is 0 Å². The van der Waals surface area contributed by atoms with Crippen LogP contribution in [0.5, 0.6) is 0 Å². The number of hydrogen-bond acceptors (Lipinski definition) is 5. The minimum absolute atomic E-state index is 0.657. The highest BCUT2D eigenvalue weighted by molar-refractivity contribution is 5.90. The number of cyclic esters (lactones) is 3. The van der Waals surface area contributed by atoms with Crippen molar-refractivity contribution in [2.45, 2.75) is 6.23 Å². The van der Waals surface area contributed by atoms with E-state index < -0.39 is 18.4 Å². The van der Waals surface area contributed by atoms with E-state index in [-0.39, 0.29) is 0 Å². The van der Waals surface area contributed by atoms with Crippen molar-refractivity contribution in [3.05, 3.63) is 0 Å². The van der Waals surface area contributed by atoms with Gasteiger partial charge in [0, 0.05) is 0 Å². The molecule has 1 heterocycles. The molecule has 0 amide bonds. The van der Waals surface area contributed by atoms with Crippen LogP contribution in [0.25, 0.3) is 0 Å². The Morgan fingerprint density at radius 3 is 2.20 bits per heavy atom. The lowest BCUT2D eigenvalue weighted by molar-refractivity contribution is -0.141.